The first-order valence-electron chi connectivity index (χ1n) is 7.76. The highest BCUT2D eigenvalue weighted by atomic mass is 19.1. The molecule has 1 atom stereocenters. The largest absolute Gasteiger partial charge is 0.508 e. The minimum Gasteiger partial charge on any atom is -0.508 e. The molecule has 0 aromatic heterocycles. The van der Waals surface area contributed by atoms with Crippen LogP contribution in [0.3, 0.4) is 0 Å². The first-order valence-corrected chi connectivity index (χ1v) is 7.76. The Hall–Kier alpha value is -1.82. The predicted molar refractivity (Wildman–Crippen MR) is 88.0 cm³/mol. The Balaban J connectivity index is 2.37. The molecule has 0 heterocycles. The molecule has 5 nitrogen and oxygen atoms in total. The number of aromatic hydroxyl groups is 1. The number of halogens is 1. The summed E-state index contributed by atoms with van der Waals surface area (Å²) in [6, 6.07) is 3.71. The molecular formula is C17H27FN2O3. The lowest BCUT2D eigenvalue weighted by atomic mass is 10.1. The fourth-order valence-electron chi connectivity index (χ4n) is 2.05. The van der Waals surface area contributed by atoms with Crippen molar-refractivity contribution in [2.75, 3.05) is 20.1 Å². The van der Waals surface area contributed by atoms with E-state index in [1.54, 1.807) is 7.05 Å². The van der Waals surface area contributed by atoms with Crippen LogP contribution in [0.2, 0.25) is 0 Å². The predicted octanol–water partition coefficient (Wildman–Crippen LogP) is 3.44. The van der Waals surface area contributed by atoms with E-state index >= 15 is 0 Å². The number of ether oxygens (including phenoxy) is 1. The highest BCUT2D eigenvalue weighted by Crippen LogP contribution is 2.24. The van der Waals surface area contributed by atoms with E-state index in [1.165, 1.54) is 23.1 Å². The van der Waals surface area contributed by atoms with Crippen LogP contribution >= 0.6 is 0 Å². The lowest BCUT2D eigenvalue weighted by Gasteiger charge is -2.25. The molecule has 1 rings (SSSR count). The van der Waals surface area contributed by atoms with Gasteiger partial charge in [0.1, 0.15) is 17.2 Å². The van der Waals surface area contributed by atoms with Gasteiger partial charge in [-0.1, -0.05) is 0 Å². The van der Waals surface area contributed by atoms with Crippen LogP contribution in [-0.4, -0.2) is 41.8 Å². The number of benzene rings is 1. The molecule has 2 N–H and O–H groups in total. The molecule has 0 radical (unpaired) electrons. The maximum Gasteiger partial charge on any atom is 0.410 e. The van der Waals surface area contributed by atoms with Crippen molar-refractivity contribution in [1.29, 1.82) is 0 Å². The molecule has 1 aromatic carbocycles. The lowest BCUT2D eigenvalue weighted by Crippen LogP contribution is -2.35. The van der Waals surface area contributed by atoms with Gasteiger partial charge in [-0.05, 0) is 58.9 Å². The molecule has 0 fully saturated rings. The van der Waals surface area contributed by atoms with Gasteiger partial charge in [0.2, 0.25) is 0 Å². The molecule has 1 aromatic rings. The molecule has 1 unspecified atom stereocenters. The molecule has 0 saturated heterocycles. The number of nitrogens with one attached hydrogen (secondary N) is 1. The van der Waals surface area contributed by atoms with Crippen LogP contribution in [-0.2, 0) is 4.74 Å². The van der Waals surface area contributed by atoms with Gasteiger partial charge in [0.05, 0.1) is 0 Å². The van der Waals surface area contributed by atoms with Crippen molar-refractivity contribution in [3.8, 4) is 5.75 Å². The summed E-state index contributed by atoms with van der Waals surface area (Å²) >= 11 is 0. The molecule has 1 amide bonds. The van der Waals surface area contributed by atoms with Crippen molar-refractivity contribution in [2.24, 2.45) is 0 Å². The van der Waals surface area contributed by atoms with E-state index in [2.05, 4.69) is 5.32 Å². The van der Waals surface area contributed by atoms with Crippen molar-refractivity contribution in [1.82, 2.24) is 10.2 Å². The number of nitrogens with zero attached hydrogens (tertiary/aromatic N) is 1. The SMILES string of the molecule is CC(NCCCN(C)C(=O)OC(C)(C)C)c1cc(F)ccc1O. The second-order valence-electron chi connectivity index (χ2n) is 6.63. The van der Waals surface area contributed by atoms with Gasteiger partial charge in [-0.2, -0.15) is 0 Å². The average Bonchev–Trinajstić information content (AvgIpc) is 2.43. The summed E-state index contributed by atoms with van der Waals surface area (Å²) in [5, 5.41) is 13.0. The zero-order valence-corrected chi connectivity index (χ0v) is 14.5. The van der Waals surface area contributed by atoms with Gasteiger partial charge in [0, 0.05) is 25.2 Å². The van der Waals surface area contributed by atoms with Crippen LogP contribution in [0.25, 0.3) is 0 Å². The normalized spacial score (nSPS) is 12.8. The van der Waals surface area contributed by atoms with Crippen molar-refractivity contribution in [2.45, 2.75) is 45.8 Å². The van der Waals surface area contributed by atoms with E-state index < -0.39 is 5.60 Å². The Morgan fingerprint density at radius 3 is 2.70 bits per heavy atom. The summed E-state index contributed by atoms with van der Waals surface area (Å²) in [5.74, 6) is -0.312. The Bertz CT molecular complexity index is 529. The topological polar surface area (TPSA) is 61.8 Å². The van der Waals surface area contributed by atoms with Crippen molar-refractivity contribution in [3.63, 3.8) is 0 Å². The molecule has 0 aliphatic heterocycles. The average molecular weight is 326 g/mol. The summed E-state index contributed by atoms with van der Waals surface area (Å²) in [4.78, 5) is 13.3. The Morgan fingerprint density at radius 1 is 1.43 bits per heavy atom. The summed E-state index contributed by atoms with van der Waals surface area (Å²) < 4.78 is 18.5. The van der Waals surface area contributed by atoms with Crippen molar-refractivity contribution >= 4 is 6.09 Å². The van der Waals surface area contributed by atoms with Crippen LogP contribution in [0.1, 0.15) is 45.7 Å². The highest BCUT2D eigenvalue weighted by molar-refractivity contribution is 5.67. The number of carbonyl (C=O) groups is 1. The molecule has 0 spiro atoms. The highest BCUT2D eigenvalue weighted by Gasteiger charge is 2.19. The van der Waals surface area contributed by atoms with E-state index in [1.807, 2.05) is 27.7 Å². The monoisotopic (exact) mass is 326 g/mol. The number of carbonyl (C=O) groups excluding carboxylic acids is 1. The Morgan fingerprint density at radius 2 is 2.09 bits per heavy atom. The Labute approximate surface area is 137 Å². The number of phenols is 1. The van der Waals surface area contributed by atoms with E-state index in [0.717, 1.165) is 6.42 Å². The van der Waals surface area contributed by atoms with Gasteiger partial charge >= 0.3 is 6.09 Å². The molecule has 6 heteroatoms. The van der Waals surface area contributed by atoms with E-state index in [4.69, 9.17) is 4.74 Å². The zero-order chi connectivity index (χ0) is 17.6. The van der Waals surface area contributed by atoms with Gasteiger partial charge in [0.15, 0.2) is 0 Å². The third-order valence-electron chi connectivity index (χ3n) is 3.28. The second kappa shape index (κ2) is 8.15. The van der Waals surface area contributed by atoms with E-state index in [0.29, 0.717) is 18.7 Å². The quantitative estimate of drug-likeness (QED) is 0.786. The fourth-order valence-corrected chi connectivity index (χ4v) is 2.05. The minimum atomic E-state index is -0.507. The summed E-state index contributed by atoms with van der Waals surface area (Å²) in [7, 11) is 1.69. The van der Waals surface area contributed by atoms with Gasteiger partial charge in [0.25, 0.3) is 0 Å². The van der Waals surface area contributed by atoms with Gasteiger partial charge in [-0.3, -0.25) is 0 Å². The minimum absolute atomic E-state index is 0.0669. The zero-order valence-electron chi connectivity index (χ0n) is 14.5. The van der Waals surface area contributed by atoms with Crippen molar-refractivity contribution in [3.05, 3.63) is 29.6 Å². The molecular weight excluding hydrogens is 299 g/mol. The molecule has 0 saturated carbocycles. The maximum atomic E-state index is 13.2. The van der Waals surface area contributed by atoms with Crippen LogP contribution in [0, 0.1) is 5.82 Å². The first-order chi connectivity index (χ1) is 10.6. The van der Waals surface area contributed by atoms with Crippen molar-refractivity contribution < 1.29 is 19.0 Å². The smallest absolute Gasteiger partial charge is 0.410 e. The summed E-state index contributed by atoms with van der Waals surface area (Å²) in [6.07, 6.45) is 0.365. The number of phenolic OH excluding ortho intramolecular Hbond substituents is 1. The molecule has 0 aliphatic carbocycles. The van der Waals surface area contributed by atoms with E-state index in [-0.39, 0.29) is 23.7 Å². The number of amides is 1. The standard InChI is InChI=1S/C17H27FN2O3/c1-12(14-11-13(18)7-8-15(14)21)19-9-6-10-20(5)16(22)23-17(2,3)4/h7-8,11-12,19,21H,6,9-10H2,1-5H3. The van der Waals surface area contributed by atoms with Crippen LogP contribution in [0.15, 0.2) is 18.2 Å². The third kappa shape index (κ3) is 6.86. The summed E-state index contributed by atoms with van der Waals surface area (Å²) in [6.45, 7) is 8.51. The first kappa shape index (κ1) is 19.2. The van der Waals surface area contributed by atoms with Crippen LogP contribution in [0.4, 0.5) is 9.18 Å². The lowest BCUT2D eigenvalue weighted by molar-refractivity contribution is 0.0297. The molecule has 0 aliphatic rings. The number of rotatable bonds is 6. The van der Waals surface area contributed by atoms with Crippen LogP contribution in [0.5, 0.6) is 5.75 Å². The number of hydrogen-bond donors (Lipinski definition) is 2. The molecule has 130 valence electrons. The fraction of sp³-hybridized carbons (Fsp3) is 0.588. The maximum absolute atomic E-state index is 13.2. The molecule has 0 bridgehead atoms. The summed E-state index contributed by atoms with van der Waals surface area (Å²) in [5.41, 5.74) is 0.0121. The third-order valence-corrected chi connectivity index (χ3v) is 3.28. The second-order valence-corrected chi connectivity index (χ2v) is 6.63. The van der Waals surface area contributed by atoms with E-state index in [9.17, 15) is 14.3 Å². The van der Waals surface area contributed by atoms with Gasteiger partial charge in [-0.15, -0.1) is 0 Å². The van der Waals surface area contributed by atoms with Gasteiger partial charge in [-0.25, -0.2) is 9.18 Å². The van der Waals surface area contributed by atoms with Gasteiger partial charge < -0.3 is 20.1 Å². The molecule has 23 heavy (non-hydrogen) atoms. The number of hydrogen-bond acceptors (Lipinski definition) is 4. The van der Waals surface area contributed by atoms with Crippen LogP contribution < -0.4 is 5.32 Å². The Kier molecular flexibility index (Phi) is 6.81.